The molecule has 12 heteroatoms. The molecule has 0 unspecified atom stereocenters. The Kier molecular flexibility index (Phi) is 6.66. The topological polar surface area (TPSA) is 116 Å². The summed E-state index contributed by atoms with van der Waals surface area (Å²) in [5.41, 5.74) is 6.50. The van der Waals surface area contributed by atoms with Gasteiger partial charge in [0.2, 0.25) is 11.9 Å². The van der Waals surface area contributed by atoms with Crippen LogP contribution in [0.5, 0.6) is 0 Å². The molecule has 3 aromatic heterocycles. The molecule has 1 saturated heterocycles. The van der Waals surface area contributed by atoms with E-state index in [9.17, 15) is 4.79 Å². The summed E-state index contributed by atoms with van der Waals surface area (Å²) in [7, 11) is 3.79. The van der Waals surface area contributed by atoms with E-state index in [4.69, 9.17) is 9.72 Å². The Bertz CT molecular complexity index is 1580. The van der Waals surface area contributed by atoms with Gasteiger partial charge in [0.25, 0.3) is 5.91 Å². The van der Waals surface area contributed by atoms with Gasteiger partial charge in [0, 0.05) is 57.9 Å². The number of thiazole rings is 1. The van der Waals surface area contributed by atoms with Crippen LogP contribution in [0, 0.1) is 0 Å². The molecule has 0 saturated carbocycles. The van der Waals surface area contributed by atoms with Crippen LogP contribution in [0.25, 0.3) is 21.3 Å². The van der Waals surface area contributed by atoms with E-state index in [2.05, 4.69) is 42.4 Å². The van der Waals surface area contributed by atoms with E-state index in [1.165, 1.54) is 0 Å². The van der Waals surface area contributed by atoms with E-state index < -0.39 is 0 Å². The van der Waals surface area contributed by atoms with Crippen molar-refractivity contribution >= 4 is 61.8 Å². The summed E-state index contributed by atoms with van der Waals surface area (Å²) in [6.45, 7) is 4.78. The molecule has 6 rings (SSSR count). The summed E-state index contributed by atoms with van der Waals surface area (Å²) in [5.74, 6) is 1.06. The van der Waals surface area contributed by atoms with Crippen LogP contribution in [-0.2, 0) is 11.3 Å². The molecule has 5 aromatic rings. The second-order valence-corrected chi connectivity index (χ2v) is 10.2. The number of likely N-dealkylation sites (N-methyl/N-ethyl adjacent to an activating group) is 1. The molecule has 196 valence electrons. The van der Waals surface area contributed by atoms with Crippen molar-refractivity contribution in [3.63, 3.8) is 0 Å². The Balaban J connectivity index is 1.33. The van der Waals surface area contributed by atoms with Crippen molar-refractivity contribution in [2.45, 2.75) is 6.54 Å². The minimum atomic E-state index is -0.163. The number of nitrogens with one attached hydrogen (secondary N) is 3. The highest BCUT2D eigenvalue weighted by molar-refractivity contribution is 7.16. The standard InChI is InChI=1S/C26H29N9O2S/c1-33-7-9-34(10-8-33)22-15-21-20(30-25(31-21)32-26-27-5-6-35(26)11-12-37-2)14-18(22)24(36)29-17-3-4-19-23(13-17)38-16-28-19/h3-6,13-16H,7-12H2,1-2H3,(H,29,36)(H2,27,30,31,32). The fourth-order valence-electron chi connectivity index (χ4n) is 4.64. The number of carbonyl (C=O) groups is 1. The molecule has 1 aliphatic heterocycles. The molecule has 0 spiro atoms. The van der Waals surface area contributed by atoms with Gasteiger partial charge in [-0.3, -0.25) is 10.1 Å². The van der Waals surface area contributed by atoms with Gasteiger partial charge >= 0.3 is 0 Å². The molecule has 0 radical (unpaired) electrons. The minimum absolute atomic E-state index is 0.163. The number of ether oxygens (including phenoxy) is 1. The van der Waals surface area contributed by atoms with Crippen molar-refractivity contribution in [1.82, 2.24) is 29.4 Å². The zero-order valence-electron chi connectivity index (χ0n) is 21.3. The first kappa shape index (κ1) is 24.3. The first-order chi connectivity index (χ1) is 18.6. The molecule has 0 bridgehead atoms. The predicted molar refractivity (Wildman–Crippen MR) is 151 cm³/mol. The third kappa shape index (κ3) is 4.93. The maximum atomic E-state index is 13.6. The quantitative estimate of drug-likeness (QED) is 0.277. The highest BCUT2D eigenvalue weighted by Gasteiger charge is 2.23. The van der Waals surface area contributed by atoms with Crippen molar-refractivity contribution in [2.24, 2.45) is 0 Å². The lowest BCUT2D eigenvalue weighted by Crippen LogP contribution is -2.45. The maximum absolute atomic E-state index is 13.6. The van der Waals surface area contributed by atoms with Crippen molar-refractivity contribution in [3.8, 4) is 0 Å². The molecular weight excluding hydrogens is 502 g/mol. The van der Waals surface area contributed by atoms with E-state index in [1.54, 1.807) is 24.6 Å². The number of amides is 1. The summed E-state index contributed by atoms with van der Waals surface area (Å²) in [4.78, 5) is 35.0. The lowest BCUT2D eigenvalue weighted by molar-refractivity contribution is 0.102. The van der Waals surface area contributed by atoms with E-state index in [0.717, 1.165) is 58.8 Å². The van der Waals surface area contributed by atoms with Crippen LogP contribution in [0.1, 0.15) is 10.4 Å². The van der Waals surface area contributed by atoms with Crippen LogP contribution in [0.2, 0.25) is 0 Å². The Morgan fingerprint density at radius 1 is 1.13 bits per heavy atom. The average molecular weight is 532 g/mol. The molecule has 1 amide bonds. The number of imidazole rings is 2. The van der Waals surface area contributed by atoms with Gasteiger partial charge in [-0.1, -0.05) is 0 Å². The second-order valence-electron chi connectivity index (χ2n) is 9.31. The van der Waals surface area contributed by atoms with Crippen molar-refractivity contribution < 1.29 is 9.53 Å². The van der Waals surface area contributed by atoms with Crippen molar-refractivity contribution in [2.75, 3.05) is 62.5 Å². The fraction of sp³-hybridized carbons (Fsp3) is 0.308. The first-order valence-electron chi connectivity index (χ1n) is 12.5. The molecule has 1 fully saturated rings. The third-order valence-corrected chi connectivity index (χ3v) is 7.55. The van der Waals surface area contributed by atoms with Crippen LogP contribution in [0.15, 0.2) is 48.2 Å². The number of H-pyrrole nitrogens is 1. The highest BCUT2D eigenvalue weighted by Crippen LogP contribution is 2.30. The predicted octanol–water partition coefficient (Wildman–Crippen LogP) is 3.76. The van der Waals surface area contributed by atoms with E-state index in [1.807, 2.05) is 46.6 Å². The Morgan fingerprint density at radius 2 is 2.00 bits per heavy atom. The van der Waals surface area contributed by atoms with Gasteiger partial charge in [0.15, 0.2) is 0 Å². The van der Waals surface area contributed by atoms with Gasteiger partial charge < -0.3 is 29.4 Å². The van der Waals surface area contributed by atoms with E-state index >= 15 is 0 Å². The number of benzene rings is 2. The normalized spacial score (nSPS) is 14.4. The van der Waals surface area contributed by atoms with Gasteiger partial charge in [0.05, 0.1) is 44.6 Å². The molecule has 1 aliphatic rings. The van der Waals surface area contributed by atoms with Crippen LogP contribution < -0.4 is 15.5 Å². The van der Waals surface area contributed by atoms with Gasteiger partial charge in [-0.25, -0.2) is 15.0 Å². The summed E-state index contributed by atoms with van der Waals surface area (Å²) in [6.07, 6.45) is 3.62. The molecule has 11 nitrogen and oxygen atoms in total. The summed E-state index contributed by atoms with van der Waals surface area (Å²) < 4.78 is 8.19. The Hall–Kier alpha value is -4.00. The summed E-state index contributed by atoms with van der Waals surface area (Å²) >= 11 is 1.55. The lowest BCUT2D eigenvalue weighted by Gasteiger charge is -2.35. The maximum Gasteiger partial charge on any atom is 0.257 e. The van der Waals surface area contributed by atoms with Crippen LogP contribution in [0.4, 0.5) is 23.3 Å². The largest absolute Gasteiger partial charge is 0.383 e. The smallest absolute Gasteiger partial charge is 0.257 e. The number of aromatic amines is 1. The zero-order chi connectivity index (χ0) is 26.1. The molecule has 3 N–H and O–H groups in total. The molecular formula is C26H29N9O2S. The first-order valence-corrected chi connectivity index (χ1v) is 13.3. The molecule has 2 aromatic carbocycles. The van der Waals surface area contributed by atoms with Crippen LogP contribution in [-0.4, -0.2) is 82.3 Å². The van der Waals surface area contributed by atoms with Crippen molar-refractivity contribution in [3.05, 3.63) is 53.8 Å². The third-order valence-electron chi connectivity index (χ3n) is 6.76. The number of methoxy groups -OCH3 is 1. The number of hydrogen-bond acceptors (Lipinski definition) is 9. The van der Waals surface area contributed by atoms with Crippen LogP contribution in [0.3, 0.4) is 0 Å². The van der Waals surface area contributed by atoms with Crippen molar-refractivity contribution in [1.29, 1.82) is 0 Å². The Labute approximate surface area is 223 Å². The van der Waals surface area contributed by atoms with E-state index in [0.29, 0.717) is 30.6 Å². The van der Waals surface area contributed by atoms with E-state index in [-0.39, 0.29) is 5.91 Å². The number of fused-ring (bicyclic) bond motifs is 2. The summed E-state index contributed by atoms with van der Waals surface area (Å²) in [5, 5.41) is 6.35. The molecule has 0 aliphatic carbocycles. The lowest BCUT2D eigenvalue weighted by atomic mass is 10.1. The number of anilines is 4. The number of rotatable bonds is 8. The zero-order valence-corrected chi connectivity index (χ0v) is 22.1. The van der Waals surface area contributed by atoms with Gasteiger partial charge in [-0.2, -0.15) is 0 Å². The number of nitrogens with zero attached hydrogens (tertiary/aromatic N) is 6. The second kappa shape index (κ2) is 10.4. The van der Waals surface area contributed by atoms with Gasteiger partial charge in [0.1, 0.15) is 0 Å². The van der Waals surface area contributed by atoms with Crippen LogP contribution >= 0.6 is 11.3 Å². The number of hydrogen-bond donors (Lipinski definition) is 3. The van der Waals surface area contributed by atoms with Gasteiger partial charge in [-0.05, 0) is 37.4 Å². The average Bonchev–Trinajstić information content (AvgIpc) is 3.66. The number of piperazine rings is 1. The van der Waals surface area contributed by atoms with Gasteiger partial charge in [-0.15, -0.1) is 11.3 Å². The summed E-state index contributed by atoms with van der Waals surface area (Å²) in [6, 6.07) is 9.66. The molecule has 0 atom stereocenters. The number of carbonyl (C=O) groups excluding carboxylic acids is 1. The monoisotopic (exact) mass is 531 g/mol. The number of aromatic nitrogens is 5. The SMILES string of the molecule is COCCn1ccnc1Nc1nc2cc(N3CCN(C)CC3)c(C(=O)Nc3ccc4ncsc4c3)cc2[nH]1. The molecule has 38 heavy (non-hydrogen) atoms. The highest BCUT2D eigenvalue weighted by atomic mass is 32.1. The molecule has 4 heterocycles. The fourth-order valence-corrected chi connectivity index (χ4v) is 5.35. The Morgan fingerprint density at radius 3 is 2.84 bits per heavy atom. The minimum Gasteiger partial charge on any atom is -0.383 e.